The average molecular weight is 329 g/mol. The van der Waals surface area contributed by atoms with Crippen LogP contribution in [0.15, 0.2) is 54.7 Å². The minimum Gasteiger partial charge on any atom is -0.386 e. The third-order valence-corrected chi connectivity index (χ3v) is 4.10. The van der Waals surface area contributed by atoms with E-state index < -0.39 is 6.10 Å². The molecule has 0 saturated carbocycles. The Kier molecular flexibility index (Phi) is 4.37. The Morgan fingerprint density at radius 2 is 1.91 bits per heavy atom. The van der Waals surface area contributed by atoms with Crippen LogP contribution in [0.5, 0.6) is 0 Å². The summed E-state index contributed by atoms with van der Waals surface area (Å²) in [6, 6.07) is 14.5. The molecule has 0 aliphatic carbocycles. The van der Waals surface area contributed by atoms with E-state index in [4.69, 9.17) is 11.6 Å². The molecule has 4 nitrogen and oxygen atoms in total. The van der Waals surface area contributed by atoms with E-state index >= 15 is 0 Å². The van der Waals surface area contributed by atoms with E-state index in [0.717, 1.165) is 16.5 Å². The topological polar surface area (TPSA) is 54.3 Å². The largest absolute Gasteiger partial charge is 0.386 e. The highest BCUT2D eigenvalue weighted by atomic mass is 35.5. The Labute approximate surface area is 139 Å². The summed E-state index contributed by atoms with van der Waals surface area (Å²) < 4.78 is 1.97. The molecule has 3 rings (SSSR count). The molecule has 0 aliphatic rings. The number of hydrogen-bond donors (Lipinski definition) is 2. The van der Waals surface area contributed by atoms with Gasteiger partial charge in [0.15, 0.2) is 0 Å². The van der Waals surface area contributed by atoms with Crippen molar-refractivity contribution in [1.82, 2.24) is 9.88 Å². The van der Waals surface area contributed by atoms with Crippen molar-refractivity contribution in [3.8, 4) is 0 Å². The maximum atomic E-state index is 12.1. The molecule has 0 aliphatic heterocycles. The molecule has 1 unspecified atom stereocenters. The number of rotatable bonds is 4. The first kappa shape index (κ1) is 15.6. The third kappa shape index (κ3) is 3.23. The Hall–Kier alpha value is -2.30. The van der Waals surface area contributed by atoms with Gasteiger partial charge in [-0.15, -0.1) is 0 Å². The number of nitrogens with zero attached hydrogens (tertiary/aromatic N) is 1. The van der Waals surface area contributed by atoms with Crippen molar-refractivity contribution in [3.05, 3.63) is 70.9 Å². The van der Waals surface area contributed by atoms with Gasteiger partial charge in [-0.05, 0) is 30.3 Å². The minimum absolute atomic E-state index is 0.148. The zero-order valence-electron chi connectivity index (χ0n) is 12.7. The van der Waals surface area contributed by atoms with Gasteiger partial charge < -0.3 is 15.0 Å². The van der Waals surface area contributed by atoms with Crippen molar-refractivity contribution in [2.75, 3.05) is 6.54 Å². The number of halogens is 1. The first-order valence-corrected chi connectivity index (χ1v) is 7.70. The van der Waals surface area contributed by atoms with Crippen molar-refractivity contribution in [3.63, 3.8) is 0 Å². The van der Waals surface area contributed by atoms with Gasteiger partial charge >= 0.3 is 0 Å². The second-order valence-electron chi connectivity index (χ2n) is 5.45. The fraction of sp³-hybridized carbons (Fsp3) is 0.167. The lowest BCUT2D eigenvalue weighted by atomic mass is 10.1. The van der Waals surface area contributed by atoms with Gasteiger partial charge in [0.1, 0.15) is 0 Å². The van der Waals surface area contributed by atoms with Crippen LogP contribution >= 0.6 is 11.6 Å². The fourth-order valence-electron chi connectivity index (χ4n) is 2.64. The third-order valence-electron chi connectivity index (χ3n) is 3.85. The second kappa shape index (κ2) is 6.44. The zero-order chi connectivity index (χ0) is 16.4. The number of fused-ring (bicyclic) bond motifs is 1. The van der Waals surface area contributed by atoms with Crippen LogP contribution < -0.4 is 5.32 Å². The van der Waals surface area contributed by atoms with Crippen LogP contribution in [0, 0.1) is 0 Å². The van der Waals surface area contributed by atoms with Gasteiger partial charge in [0.2, 0.25) is 0 Å². The van der Waals surface area contributed by atoms with Gasteiger partial charge in [-0.3, -0.25) is 4.79 Å². The van der Waals surface area contributed by atoms with Gasteiger partial charge in [-0.2, -0.15) is 0 Å². The van der Waals surface area contributed by atoms with Crippen molar-refractivity contribution in [2.24, 2.45) is 7.05 Å². The standard InChI is InChI=1S/C18H17ClN2O2/c1-21-11-15(14-4-2-3-5-16(14)21)17(22)10-20-18(23)12-6-8-13(19)9-7-12/h2-9,11,17,22H,10H2,1H3,(H,20,23). The number of amides is 1. The number of aromatic nitrogens is 1. The Balaban J connectivity index is 1.72. The lowest BCUT2D eigenvalue weighted by molar-refractivity contribution is 0.0917. The number of carbonyl (C=O) groups is 1. The highest BCUT2D eigenvalue weighted by Crippen LogP contribution is 2.25. The van der Waals surface area contributed by atoms with E-state index in [0.29, 0.717) is 10.6 Å². The zero-order valence-corrected chi connectivity index (χ0v) is 13.4. The molecule has 0 spiro atoms. The molecule has 3 aromatic rings. The molecule has 0 fully saturated rings. The number of para-hydroxylation sites is 1. The van der Waals surface area contributed by atoms with Crippen LogP contribution in [0.1, 0.15) is 22.0 Å². The summed E-state index contributed by atoms with van der Waals surface area (Å²) >= 11 is 5.81. The van der Waals surface area contributed by atoms with Crippen LogP contribution in [0.3, 0.4) is 0 Å². The van der Waals surface area contributed by atoms with Crippen molar-refractivity contribution in [2.45, 2.75) is 6.10 Å². The van der Waals surface area contributed by atoms with Gasteiger partial charge in [-0.25, -0.2) is 0 Å². The van der Waals surface area contributed by atoms with Crippen LogP contribution in [-0.4, -0.2) is 22.1 Å². The predicted octanol–water partition coefficient (Wildman–Crippen LogP) is 3.30. The quantitative estimate of drug-likeness (QED) is 0.772. The van der Waals surface area contributed by atoms with E-state index in [-0.39, 0.29) is 12.5 Å². The van der Waals surface area contributed by atoms with E-state index in [1.165, 1.54) is 0 Å². The van der Waals surface area contributed by atoms with E-state index in [1.54, 1.807) is 24.3 Å². The molecule has 0 bridgehead atoms. The molecule has 5 heteroatoms. The molecule has 0 radical (unpaired) electrons. The number of benzene rings is 2. The number of aryl methyl sites for hydroxylation is 1. The molecule has 1 amide bonds. The number of hydrogen-bond acceptors (Lipinski definition) is 2. The van der Waals surface area contributed by atoms with Crippen LogP contribution in [-0.2, 0) is 7.05 Å². The van der Waals surface area contributed by atoms with Crippen molar-refractivity contribution in [1.29, 1.82) is 0 Å². The Morgan fingerprint density at radius 3 is 2.65 bits per heavy atom. The summed E-state index contributed by atoms with van der Waals surface area (Å²) in [6.45, 7) is 0.148. The van der Waals surface area contributed by atoms with Gasteiger partial charge in [0, 0.05) is 46.8 Å². The van der Waals surface area contributed by atoms with Gasteiger partial charge in [0.25, 0.3) is 5.91 Å². The van der Waals surface area contributed by atoms with Crippen molar-refractivity contribution >= 4 is 28.4 Å². The first-order valence-electron chi connectivity index (χ1n) is 7.32. The lowest BCUT2D eigenvalue weighted by Crippen LogP contribution is -2.28. The molecule has 23 heavy (non-hydrogen) atoms. The van der Waals surface area contributed by atoms with E-state index in [9.17, 15) is 9.90 Å². The lowest BCUT2D eigenvalue weighted by Gasteiger charge is -2.11. The molecule has 1 heterocycles. The SMILES string of the molecule is Cn1cc(C(O)CNC(=O)c2ccc(Cl)cc2)c2ccccc21. The Bertz CT molecular complexity index is 840. The molecule has 118 valence electrons. The summed E-state index contributed by atoms with van der Waals surface area (Å²) in [6.07, 6.45) is 1.13. The maximum Gasteiger partial charge on any atom is 0.251 e. The first-order chi connectivity index (χ1) is 11.1. The summed E-state index contributed by atoms with van der Waals surface area (Å²) in [7, 11) is 1.94. The normalized spacial score (nSPS) is 12.3. The molecule has 1 aromatic heterocycles. The highest BCUT2D eigenvalue weighted by molar-refractivity contribution is 6.30. The number of aliphatic hydroxyl groups is 1. The Morgan fingerprint density at radius 1 is 1.22 bits per heavy atom. The summed E-state index contributed by atoms with van der Waals surface area (Å²) in [5, 5.41) is 14.7. The maximum absolute atomic E-state index is 12.1. The number of carbonyl (C=O) groups excluding carboxylic acids is 1. The van der Waals surface area contributed by atoms with Gasteiger partial charge in [0.05, 0.1) is 6.10 Å². The second-order valence-corrected chi connectivity index (χ2v) is 5.88. The smallest absolute Gasteiger partial charge is 0.251 e. The van der Waals surface area contributed by atoms with Gasteiger partial charge in [-0.1, -0.05) is 29.8 Å². The summed E-state index contributed by atoms with van der Waals surface area (Å²) in [5.74, 6) is -0.235. The summed E-state index contributed by atoms with van der Waals surface area (Å²) in [4.78, 5) is 12.1. The number of aliphatic hydroxyl groups excluding tert-OH is 1. The van der Waals surface area contributed by atoms with E-state index in [2.05, 4.69) is 5.32 Å². The summed E-state index contributed by atoms with van der Waals surface area (Å²) in [5.41, 5.74) is 2.37. The molecule has 0 saturated heterocycles. The van der Waals surface area contributed by atoms with E-state index in [1.807, 2.05) is 42.1 Å². The van der Waals surface area contributed by atoms with Crippen LogP contribution in [0.4, 0.5) is 0 Å². The molecule has 1 atom stereocenters. The van der Waals surface area contributed by atoms with Crippen molar-refractivity contribution < 1.29 is 9.90 Å². The molecule has 2 aromatic carbocycles. The molecular formula is C18H17ClN2O2. The average Bonchev–Trinajstić information content (AvgIpc) is 2.90. The fourth-order valence-corrected chi connectivity index (χ4v) is 2.77. The van der Waals surface area contributed by atoms with Crippen LogP contribution in [0.25, 0.3) is 10.9 Å². The highest BCUT2D eigenvalue weighted by Gasteiger charge is 2.15. The molecule has 2 N–H and O–H groups in total. The van der Waals surface area contributed by atoms with Crippen LogP contribution in [0.2, 0.25) is 5.02 Å². The predicted molar refractivity (Wildman–Crippen MR) is 91.7 cm³/mol. The number of nitrogens with one attached hydrogen (secondary N) is 1. The minimum atomic E-state index is -0.766. The monoisotopic (exact) mass is 328 g/mol. The molecular weight excluding hydrogens is 312 g/mol.